The highest BCUT2D eigenvalue weighted by Gasteiger charge is 2.07. The van der Waals surface area contributed by atoms with Crippen molar-refractivity contribution in [3.05, 3.63) is 65.0 Å². The molecule has 2 aromatic rings. The molecule has 0 bridgehead atoms. The summed E-state index contributed by atoms with van der Waals surface area (Å²) in [5, 5.41) is 5.64. The fourth-order valence-electron chi connectivity index (χ4n) is 2.07. The Morgan fingerprint density at radius 2 is 1.86 bits per heavy atom. The van der Waals surface area contributed by atoms with Gasteiger partial charge in [0.1, 0.15) is 5.82 Å². The number of anilines is 1. The van der Waals surface area contributed by atoms with Crippen molar-refractivity contribution in [2.45, 2.75) is 13.3 Å². The van der Waals surface area contributed by atoms with E-state index in [1.807, 2.05) is 0 Å². The predicted octanol–water partition coefficient (Wildman–Crippen LogP) is 3.15. The van der Waals surface area contributed by atoms with Gasteiger partial charge in [0.15, 0.2) is 0 Å². The molecule has 2 N–H and O–H groups in total. The van der Waals surface area contributed by atoms with Crippen LogP contribution in [0, 0.1) is 12.7 Å². The molecule has 0 saturated heterocycles. The van der Waals surface area contributed by atoms with Crippen molar-refractivity contribution in [1.82, 2.24) is 5.32 Å². The number of rotatable bonds is 5. The first-order valence-electron chi connectivity index (χ1n) is 6.90. The molecule has 0 spiro atoms. The maximum absolute atomic E-state index is 13.5. The van der Waals surface area contributed by atoms with Crippen LogP contribution >= 0.6 is 0 Å². The molecule has 1 amide bonds. The Morgan fingerprint density at radius 3 is 2.52 bits per heavy atom. The first-order valence-corrected chi connectivity index (χ1v) is 6.90. The lowest BCUT2D eigenvalue weighted by molar-refractivity contribution is 0.0962. The Kier molecular flexibility index (Phi) is 4.93. The molecule has 0 radical (unpaired) electrons. The number of aryl methyl sites for hydroxylation is 1. The van der Waals surface area contributed by atoms with Gasteiger partial charge in [0.25, 0.3) is 5.91 Å². The van der Waals surface area contributed by atoms with Crippen LogP contribution in [0.4, 0.5) is 10.1 Å². The fraction of sp³-hybridized carbons (Fsp3) is 0.235. The van der Waals surface area contributed by atoms with Crippen molar-refractivity contribution >= 4 is 11.6 Å². The van der Waals surface area contributed by atoms with E-state index in [-0.39, 0.29) is 5.91 Å². The van der Waals surface area contributed by atoms with E-state index in [1.165, 1.54) is 30.3 Å². The zero-order valence-electron chi connectivity index (χ0n) is 12.2. The van der Waals surface area contributed by atoms with Gasteiger partial charge in [-0.05, 0) is 37.1 Å². The van der Waals surface area contributed by atoms with Crippen LogP contribution in [-0.4, -0.2) is 19.5 Å². The summed E-state index contributed by atoms with van der Waals surface area (Å²) in [5.74, 6) is -0.718. The third kappa shape index (κ3) is 4.31. The highest BCUT2D eigenvalue weighted by atomic mass is 19.1. The van der Waals surface area contributed by atoms with Gasteiger partial charge in [-0.15, -0.1) is 0 Å². The lowest BCUT2D eigenvalue weighted by Gasteiger charge is -2.09. The third-order valence-electron chi connectivity index (χ3n) is 3.25. The second kappa shape index (κ2) is 6.88. The average Bonchev–Trinajstić information content (AvgIpc) is 2.48. The molecule has 0 saturated carbocycles. The lowest BCUT2D eigenvalue weighted by atomic mass is 10.1. The van der Waals surface area contributed by atoms with Gasteiger partial charge in [0, 0.05) is 24.8 Å². The molecule has 0 aromatic heterocycles. The molecule has 21 heavy (non-hydrogen) atoms. The molecule has 4 heteroatoms. The van der Waals surface area contributed by atoms with Crippen LogP contribution in [0.5, 0.6) is 0 Å². The predicted molar refractivity (Wildman–Crippen MR) is 83.2 cm³/mol. The molecule has 0 aliphatic carbocycles. The Bertz CT molecular complexity index is 623. The van der Waals surface area contributed by atoms with Crippen LogP contribution in [0.3, 0.4) is 0 Å². The topological polar surface area (TPSA) is 41.1 Å². The summed E-state index contributed by atoms with van der Waals surface area (Å²) in [6.45, 7) is 2.73. The zero-order valence-corrected chi connectivity index (χ0v) is 12.2. The van der Waals surface area contributed by atoms with E-state index >= 15 is 0 Å². The smallest absolute Gasteiger partial charge is 0.251 e. The van der Waals surface area contributed by atoms with E-state index in [9.17, 15) is 9.18 Å². The quantitative estimate of drug-likeness (QED) is 0.886. The van der Waals surface area contributed by atoms with Crippen LogP contribution in [-0.2, 0) is 6.42 Å². The van der Waals surface area contributed by atoms with Crippen molar-refractivity contribution in [2.24, 2.45) is 0 Å². The summed E-state index contributed by atoms with van der Waals surface area (Å²) in [6, 6.07) is 12.6. The number of benzene rings is 2. The molecule has 3 nitrogen and oxygen atoms in total. The van der Waals surface area contributed by atoms with Crippen molar-refractivity contribution in [3.63, 3.8) is 0 Å². The van der Waals surface area contributed by atoms with E-state index in [4.69, 9.17) is 0 Å². The van der Waals surface area contributed by atoms with Crippen LogP contribution in [0.25, 0.3) is 0 Å². The largest absolute Gasteiger partial charge is 0.385 e. The average molecular weight is 286 g/mol. The van der Waals surface area contributed by atoms with Gasteiger partial charge in [-0.3, -0.25) is 4.79 Å². The first-order chi connectivity index (χ1) is 10.1. The van der Waals surface area contributed by atoms with Gasteiger partial charge >= 0.3 is 0 Å². The molecule has 0 heterocycles. The standard InChI is InChI=1S/C17H19FN2O/c1-12-3-5-13(6-4-12)7-8-20-16-10-14(17(21)19-2)9-15(18)11-16/h3-6,9-11,20H,7-8H2,1-2H3,(H,19,21). The van der Waals surface area contributed by atoms with E-state index in [0.29, 0.717) is 17.8 Å². The number of carbonyl (C=O) groups is 1. The maximum atomic E-state index is 13.5. The Labute approximate surface area is 124 Å². The molecule has 0 aliphatic heterocycles. The fourth-order valence-corrected chi connectivity index (χ4v) is 2.07. The molecule has 0 fully saturated rings. The number of nitrogens with one attached hydrogen (secondary N) is 2. The second-order valence-electron chi connectivity index (χ2n) is 4.97. The molecule has 2 rings (SSSR count). The maximum Gasteiger partial charge on any atom is 0.251 e. The second-order valence-corrected chi connectivity index (χ2v) is 4.97. The van der Waals surface area contributed by atoms with E-state index in [2.05, 4.69) is 41.8 Å². The van der Waals surface area contributed by atoms with E-state index in [1.54, 1.807) is 6.07 Å². The number of amides is 1. The van der Waals surface area contributed by atoms with Gasteiger partial charge < -0.3 is 10.6 Å². The highest BCUT2D eigenvalue weighted by molar-refractivity contribution is 5.94. The van der Waals surface area contributed by atoms with Crippen LogP contribution in [0.2, 0.25) is 0 Å². The Hall–Kier alpha value is -2.36. The number of hydrogen-bond acceptors (Lipinski definition) is 2. The molecule has 110 valence electrons. The summed E-state index contributed by atoms with van der Waals surface area (Å²) < 4.78 is 13.5. The minimum absolute atomic E-state index is 0.295. The van der Waals surface area contributed by atoms with Crippen LogP contribution < -0.4 is 10.6 Å². The molecule has 0 aliphatic rings. The van der Waals surface area contributed by atoms with Gasteiger partial charge in [-0.25, -0.2) is 4.39 Å². The number of halogens is 1. The Balaban J connectivity index is 1.98. The van der Waals surface area contributed by atoms with Gasteiger partial charge in [0.05, 0.1) is 0 Å². The van der Waals surface area contributed by atoms with Crippen molar-refractivity contribution in [3.8, 4) is 0 Å². The summed E-state index contributed by atoms with van der Waals surface area (Å²) in [4.78, 5) is 11.5. The van der Waals surface area contributed by atoms with E-state index < -0.39 is 5.82 Å². The van der Waals surface area contributed by atoms with Crippen LogP contribution in [0.15, 0.2) is 42.5 Å². The van der Waals surface area contributed by atoms with Crippen molar-refractivity contribution < 1.29 is 9.18 Å². The third-order valence-corrected chi connectivity index (χ3v) is 3.25. The lowest BCUT2D eigenvalue weighted by Crippen LogP contribution is -2.18. The minimum atomic E-state index is -0.422. The van der Waals surface area contributed by atoms with Gasteiger partial charge in [0.2, 0.25) is 0 Å². The van der Waals surface area contributed by atoms with Crippen molar-refractivity contribution in [2.75, 3.05) is 18.9 Å². The summed E-state index contributed by atoms with van der Waals surface area (Å²) >= 11 is 0. The summed E-state index contributed by atoms with van der Waals surface area (Å²) in [6.07, 6.45) is 0.839. The number of hydrogen-bond donors (Lipinski definition) is 2. The monoisotopic (exact) mass is 286 g/mol. The summed E-state index contributed by atoms with van der Waals surface area (Å²) in [5.41, 5.74) is 3.37. The Morgan fingerprint density at radius 1 is 1.14 bits per heavy atom. The normalized spacial score (nSPS) is 10.2. The highest BCUT2D eigenvalue weighted by Crippen LogP contribution is 2.14. The molecule has 0 unspecified atom stereocenters. The molecular weight excluding hydrogens is 267 g/mol. The summed E-state index contributed by atoms with van der Waals surface area (Å²) in [7, 11) is 1.53. The number of carbonyl (C=O) groups excluding carboxylic acids is 1. The zero-order chi connectivity index (χ0) is 15.2. The molecule has 0 atom stereocenters. The molecular formula is C17H19FN2O. The first kappa shape index (κ1) is 15.0. The van der Waals surface area contributed by atoms with E-state index in [0.717, 1.165) is 6.42 Å². The van der Waals surface area contributed by atoms with Gasteiger partial charge in [-0.2, -0.15) is 0 Å². The minimum Gasteiger partial charge on any atom is -0.385 e. The SMILES string of the molecule is CNC(=O)c1cc(F)cc(NCCc2ccc(C)cc2)c1. The molecule has 2 aromatic carbocycles. The van der Waals surface area contributed by atoms with Crippen molar-refractivity contribution in [1.29, 1.82) is 0 Å². The van der Waals surface area contributed by atoms with Gasteiger partial charge in [-0.1, -0.05) is 29.8 Å². The van der Waals surface area contributed by atoms with Crippen LogP contribution in [0.1, 0.15) is 21.5 Å².